The molecule has 0 spiro atoms. The van der Waals surface area contributed by atoms with Crippen LogP contribution in [0.4, 0.5) is 23.2 Å². The van der Waals surface area contributed by atoms with Gasteiger partial charge in [0.1, 0.15) is 5.82 Å². The molecule has 1 aromatic carbocycles. The fraction of sp³-hybridized carbons (Fsp3) is 0.143. The smallest absolute Gasteiger partial charge is 0.258 e. The molecule has 1 rings (SSSR count). The second-order valence-electron chi connectivity index (χ2n) is 2.99. The Bertz CT molecular complexity index is 613. The number of nitro groups is 1. The number of alkyl halides is 3. The molecule has 0 heterocycles. The molecule has 0 atom stereocenters. The van der Waals surface area contributed by atoms with Gasteiger partial charge in [-0.3, -0.25) is 10.1 Å². The molecule has 11 heteroatoms. The third-order valence-corrected chi connectivity index (χ3v) is 3.14. The highest BCUT2D eigenvalue weighted by Gasteiger charge is 2.42. The summed E-state index contributed by atoms with van der Waals surface area (Å²) in [5, 5.41) is 10.4. The summed E-state index contributed by atoms with van der Waals surface area (Å²) >= 11 is 0. The highest BCUT2D eigenvalue weighted by molar-refractivity contribution is 8.13. The molecule has 0 N–H and O–H groups in total. The zero-order valence-corrected chi connectivity index (χ0v) is 9.61. The summed E-state index contributed by atoms with van der Waals surface area (Å²) in [6.07, 6.45) is -5.33. The molecule has 0 aliphatic rings. The fourth-order valence-electron chi connectivity index (χ4n) is 1.13. The van der Waals surface area contributed by atoms with Crippen molar-refractivity contribution in [1.82, 2.24) is 0 Å². The van der Waals surface area contributed by atoms with Crippen LogP contribution in [0, 0.1) is 15.9 Å². The van der Waals surface area contributed by atoms with E-state index in [1.165, 1.54) is 0 Å². The van der Waals surface area contributed by atoms with Crippen LogP contribution in [0.1, 0.15) is 5.56 Å². The minimum Gasteiger partial charge on any atom is -0.258 e. The normalized spacial score (nSPS) is 12.5. The maximum Gasteiger partial charge on any atom is 0.425 e. The standard InChI is InChI=1S/C7H2ClF4NO4S/c8-18(16,17)3-1-4(9)6(7(10,11)12)5(2-3)13(14)15/h1-2H. The van der Waals surface area contributed by atoms with Gasteiger partial charge in [0.15, 0.2) is 5.56 Å². The van der Waals surface area contributed by atoms with Gasteiger partial charge in [-0.2, -0.15) is 13.2 Å². The van der Waals surface area contributed by atoms with Gasteiger partial charge in [0.05, 0.1) is 9.82 Å². The third-order valence-electron chi connectivity index (χ3n) is 1.80. The van der Waals surface area contributed by atoms with E-state index < -0.39 is 42.1 Å². The van der Waals surface area contributed by atoms with Crippen LogP contribution in [0.2, 0.25) is 0 Å². The number of nitrogens with zero attached hydrogens (tertiary/aromatic N) is 1. The third kappa shape index (κ3) is 2.88. The summed E-state index contributed by atoms with van der Waals surface area (Å²) in [6.45, 7) is 0. The summed E-state index contributed by atoms with van der Waals surface area (Å²) in [4.78, 5) is 7.73. The molecule has 1 aromatic rings. The van der Waals surface area contributed by atoms with Gasteiger partial charge in [0, 0.05) is 16.7 Å². The topological polar surface area (TPSA) is 77.3 Å². The molecular formula is C7H2ClF4NO4S. The summed E-state index contributed by atoms with van der Waals surface area (Å²) in [5.41, 5.74) is -3.88. The molecule has 18 heavy (non-hydrogen) atoms. The van der Waals surface area contributed by atoms with Crippen molar-refractivity contribution >= 4 is 25.4 Å². The quantitative estimate of drug-likeness (QED) is 0.364. The lowest BCUT2D eigenvalue weighted by Gasteiger charge is -2.09. The molecule has 100 valence electrons. The Kier molecular flexibility index (Phi) is 3.54. The number of halogens is 5. The van der Waals surface area contributed by atoms with E-state index in [9.17, 15) is 36.1 Å². The number of nitro benzene ring substituents is 1. The van der Waals surface area contributed by atoms with Gasteiger partial charge < -0.3 is 0 Å². The van der Waals surface area contributed by atoms with Gasteiger partial charge >= 0.3 is 6.18 Å². The van der Waals surface area contributed by atoms with Crippen LogP contribution in [0.25, 0.3) is 0 Å². The molecular weight excluding hydrogens is 306 g/mol. The summed E-state index contributed by atoms with van der Waals surface area (Å²) in [7, 11) is 0.192. The van der Waals surface area contributed by atoms with Crippen molar-refractivity contribution in [1.29, 1.82) is 0 Å². The molecule has 0 radical (unpaired) electrons. The minimum absolute atomic E-state index is 0.0296. The van der Waals surface area contributed by atoms with Crippen LogP contribution in [0.5, 0.6) is 0 Å². The van der Waals surface area contributed by atoms with Crippen LogP contribution in [-0.2, 0) is 15.2 Å². The molecule has 0 aromatic heterocycles. The SMILES string of the molecule is O=[N+]([O-])c1cc(S(=O)(=O)Cl)cc(F)c1C(F)(F)F. The van der Waals surface area contributed by atoms with Crippen molar-refractivity contribution < 1.29 is 30.9 Å². The first kappa shape index (κ1) is 14.6. The second kappa shape index (κ2) is 4.35. The van der Waals surface area contributed by atoms with E-state index in [2.05, 4.69) is 0 Å². The number of rotatable bonds is 2. The van der Waals surface area contributed by atoms with Crippen LogP contribution in [0.15, 0.2) is 17.0 Å². The first-order chi connectivity index (χ1) is 7.94. The van der Waals surface area contributed by atoms with E-state index in [1.807, 2.05) is 0 Å². The van der Waals surface area contributed by atoms with Crippen LogP contribution >= 0.6 is 10.7 Å². The van der Waals surface area contributed by atoms with Crippen molar-refractivity contribution in [2.45, 2.75) is 11.1 Å². The summed E-state index contributed by atoms with van der Waals surface area (Å²) in [6, 6.07) is 0.0202. The molecule has 0 aliphatic heterocycles. The summed E-state index contributed by atoms with van der Waals surface area (Å²) in [5.74, 6) is -2.09. The number of hydrogen-bond acceptors (Lipinski definition) is 4. The van der Waals surface area contributed by atoms with Crippen molar-refractivity contribution in [3.63, 3.8) is 0 Å². The van der Waals surface area contributed by atoms with E-state index in [-0.39, 0.29) is 12.1 Å². The van der Waals surface area contributed by atoms with Crippen molar-refractivity contribution in [2.24, 2.45) is 0 Å². The lowest BCUT2D eigenvalue weighted by molar-refractivity contribution is -0.388. The fourth-order valence-corrected chi connectivity index (χ4v) is 1.90. The number of benzene rings is 1. The maximum atomic E-state index is 13.1. The van der Waals surface area contributed by atoms with Crippen LogP contribution in [-0.4, -0.2) is 13.3 Å². The predicted octanol–water partition coefficient (Wildman–Crippen LogP) is 2.68. The van der Waals surface area contributed by atoms with E-state index >= 15 is 0 Å². The Morgan fingerprint density at radius 1 is 1.28 bits per heavy atom. The highest BCUT2D eigenvalue weighted by Crippen LogP contribution is 2.39. The largest absolute Gasteiger partial charge is 0.425 e. The van der Waals surface area contributed by atoms with Crippen LogP contribution < -0.4 is 0 Å². The lowest BCUT2D eigenvalue weighted by Crippen LogP contribution is -2.13. The Balaban J connectivity index is 3.73. The summed E-state index contributed by atoms with van der Waals surface area (Å²) < 4.78 is 71.9. The Morgan fingerprint density at radius 2 is 1.78 bits per heavy atom. The van der Waals surface area contributed by atoms with Gasteiger partial charge in [-0.1, -0.05) is 0 Å². The van der Waals surface area contributed by atoms with Crippen molar-refractivity contribution in [3.05, 3.63) is 33.6 Å². The molecule has 5 nitrogen and oxygen atoms in total. The van der Waals surface area contributed by atoms with E-state index in [0.29, 0.717) is 0 Å². The van der Waals surface area contributed by atoms with Gasteiger partial charge in [-0.15, -0.1) is 0 Å². The Labute approximate surface area is 102 Å². The minimum atomic E-state index is -5.33. The average molecular weight is 308 g/mol. The number of hydrogen-bond donors (Lipinski definition) is 0. The predicted molar refractivity (Wildman–Crippen MR) is 51.1 cm³/mol. The van der Waals surface area contributed by atoms with Gasteiger partial charge in [-0.25, -0.2) is 12.8 Å². The molecule has 0 aliphatic carbocycles. The van der Waals surface area contributed by atoms with E-state index in [0.717, 1.165) is 0 Å². The zero-order valence-electron chi connectivity index (χ0n) is 8.03. The second-order valence-corrected chi connectivity index (χ2v) is 5.56. The van der Waals surface area contributed by atoms with Gasteiger partial charge in [0.25, 0.3) is 14.7 Å². The first-order valence-corrected chi connectivity index (χ1v) is 6.25. The van der Waals surface area contributed by atoms with E-state index in [1.54, 1.807) is 0 Å². The van der Waals surface area contributed by atoms with Crippen molar-refractivity contribution in [2.75, 3.05) is 0 Å². The van der Waals surface area contributed by atoms with Gasteiger partial charge in [0.2, 0.25) is 0 Å². The van der Waals surface area contributed by atoms with Crippen molar-refractivity contribution in [3.8, 4) is 0 Å². The molecule has 0 fully saturated rings. The molecule has 0 amide bonds. The van der Waals surface area contributed by atoms with Crippen LogP contribution in [0.3, 0.4) is 0 Å². The first-order valence-electron chi connectivity index (χ1n) is 3.94. The van der Waals surface area contributed by atoms with Gasteiger partial charge in [-0.05, 0) is 6.07 Å². The molecule has 0 saturated carbocycles. The molecule has 0 unspecified atom stereocenters. The van der Waals surface area contributed by atoms with E-state index in [4.69, 9.17) is 10.7 Å². The Hall–Kier alpha value is -1.42. The molecule has 0 bridgehead atoms. The molecule has 0 saturated heterocycles. The average Bonchev–Trinajstić information content (AvgIpc) is 2.12. The zero-order chi connectivity index (χ0) is 14.3. The lowest BCUT2D eigenvalue weighted by atomic mass is 10.1. The maximum absolute atomic E-state index is 13.1. The highest BCUT2D eigenvalue weighted by atomic mass is 35.7. The Morgan fingerprint density at radius 3 is 2.11 bits per heavy atom. The monoisotopic (exact) mass is 307 g/mol.